The molecule has 1 saturated carbocycles. The topological polar surface area (TPSA) is 12.0 Å². The molecule has 1 aliphatic rings. The van der Waals surface area contributed by atoms with Crippen molar-refractivity contribution in [2.45, 2.75) is 44.8 Å². The number of hydrogen-bond donors (Lipinski definition) is 1. The minimum absolute atomic E-state index is 0.148. The second-order valence-corrected chi connectivity index (χ2v) is 5.10. The number of halogens is 4. The van der Waals surface area contributed by atoms with Crippen molar-refractivity contribution in [3.05, 3.63) is 29.6 Å². The third-order valence-corrected chi connectivity index (χ3v) is 3.79. The second-order valence-electron chi connectivity index (χ2n) is 5.10. The van der Waals surface area contributed by atoms with E-state index in [9.17, 15) is 17.6 Å². The first kappa shape index (κ1) is 14.2. The van der Waals surface area contributed by atoms with Gasteiger partial charge < -0.3 is 5.32 Å². The molecule has 0 radical (unpaired) electrons. The maximum atomic E-state index is 13.4. The van der Waals surface area contributed by atoms with Crippen LogP contribution in [0, 0.1) is 18.7 Å². The zero-order valence-corrected chi connectivity index (χ0v) is 10.7. The van der Waals surface area contributed by atoms with E-state index in [1.165, 1.54) is 12.1 Å². The summed E-state index contributed by atoms with van der Waals surface area (Å²) in [5.74, 6) is -1.74. The van der Waals surface area contributed by atoms with Crippen molar-refractivity contribution < 1.29 is 17.6 Å². The summed E-state index contributed by atoms with van der Waals surface area (Å²) in [4.78, 5) is 0. The summed E-state index contributed by atoms with van der Waals surface area (Å²) in [5.41, 5.74) is 0.829. The van der Waals surface area contributed by atoms with Gasteiger partial charge >= 0.3 is 6.18 Å². The van der Waals surface area contributed by atoms with Crippen molar-refractivity contribution in [1.82, 2.24) is 0 Å². The Kier molecular flexibility index (Phi) is 4.02. The lowest BCUT2D eigenvalue weighted by Gasteiger charge is -2.34. The minimum Gasteiger partial charge on any atom is -0.381 e. The number of benzene rings is 1. The highest BCUT2D eigenvalue weighted by atomic mass is 19.4. The van der Waals surface area contributed by atoms with E-state index in [0.29, 0.717) is 24.1 Å². The van der Waals surface area contributed by atoms with Gasteiger partial charge in [-0.15, -0.1) is 0 Å². The van der Waals surface area contributed by atoms with E-state index < -0.39 is 24.0 Å². The van der Waals surface area contributed by atoms with Gasteiger partial charge in [-0.05, 0) is 31.9 Å². The molecule has 1 N–H and O–H groups in total. The molecule has 0 bridgehead atoms. The second kappa shape index (κ2) is 5.39. The average Bonchev–Trinajstić information content (AvgIpc) is 2.34. The third kappa shape index (κ3) is 3.19. The van der Waals surface area contributed by atoms with Gasteiger partial charge in [0, 0.05) is 17.3 Å². The Morgan fingerprint density at radius 1 is 1.16 bits per heavy atom. The first-order chi connectivity index (χ1) is 8.89. The Morgan fingerprint density at radius 2 is 1.84 bits per heavy atom. The Hall–Kier alpha value is -1.26. The summed E-state index contributed by atoms with van der Waals surface area (Å²) in [6.07, 6.45) is -2.20. The van der Waals surface area contributed by atoms with Crippen LogP contribution in [-0.2, 0) is 0 Å². The molecule has 106 valence electrons. The van der Waals surface area contributed by atoms with Gasteiger partial charge in [0.2, 0.25) is 0 Å². The van der Waals surface area contributed by atoms with Crippen LogP contribution < -0.4 is 5.32 Å². The highest BCUT2D eigenvalue weighted by molar-refractivity contribution is 5.51. The predicted octanol–water partition coefficient (Wildman–Crippen LogP) is 4.67. The van der Waals surface area contributed by atoms with E-state index in [1.54, 1.807) is 13.0 Å². The zero-order chi connectivity index (χ0) is 14.0. The molecule has 5 heteroatoms. The van der Waals surface area contributed by atoms with Gasteiger partial charge in [0.1, 0.15) is 5.82 Å². The van der Waals surface area contributed by atoms with E-state index in [-0.39, 0.29) is 6.42 Å². The van der Waals surface area contributed by atoms with Gasteiger partial charge in [-0.3, -0.25) is 0 Å². The standard InChI is InChI=1S/C14H17F4N/c1-9-11(15)6-4-8-12(9)19-13-7-3-2-5-10(13)14(16,17)18/h4,6,8,10,13,19H,2-3,5,7H2,1H3. The minimum atomic E-state index is -4.20. The summed E-state index contributed by atoms with van der Waals surface area (Å²) in [6, 6.07) is 3.79. The molecular weight excluding hydrogens is 258 g/mol. The van der Waals surface area contributed by atoms with Crippen LogP contribution in [0.5, 0.6) is 0 Å². The molecule has 2 unspecified atom stereocenters. The van der Waals surface area contributed by atoms with Crippen LogP contribution in [0.2, 0.25) is 0 Å². The van der Waals surface area contributed by atoms with Gasteiger partial charge in [-0.2, -0.15) is 13.2 Å². The molecule has 2 atom stereocenters. The molecular formula is C14H17F4N. The van der Waals surface area contributed by atoms with E-state index in [0.717, 1.165) is 6.42 Å². The van der Waals surface area contributed by atoms with E-state index in [1.807, 2.05) is 0 Å². The summed E-state index contributed by atoms with van der Waals surface area (Å²) >= 11 is 0. The lowest BCUT2D eigenvalue weighted by atomic mass is 9.83. The molecule has 19 heavy (non-hydrogen) atoms. The fourth-order valence-electron chi connectivity index (χ4n) is 2.66. The summed E-state index contributed by atoms with van der Waals surface area (Å²) in [5, 5.41) is 2.89. The van der Waals surface area contributed by atoms with E-state index >= 15 is 0 Å². The molecule has 0 aromatic heterocycles. The number of anilines is 1. The van der Waals surface area contributed by atoms with Crippen LogP contribution in [-0.4, -0.2) is 12.2 Å². The largest absolute Gasteiger partial charge is 0.393 e. The molecule has 0 aliphatic heterocycles. The fourth-order valence-corrected chi connectivity index (χ4v) is 2.66. The van der Waals surface area contributed by atoms with E-state index in [4.69, 9.17) is 0 Å². The molecule has 0 heterocycles. The SMILES string of the molecule is Cc1c(F)cccc1NC1CCCCC1C(F)(F)F. The van der Waals surface area contributed by atoms with Gasteiger partial charge in [-0.1, -0.05) is 18.9 Å². The monoisotopic (exact) mass is 275 g/mol. The van der Waals surface area contributed by atoms with Crippen molar-refractivity contribution in [3.8, 4) is 0 Å². The highest BCUT2D eigenvalue weighted by Gasteiger charge is 2.45. The summed E-state index contributed by atoms with van der Waals surface area (Å²) < 4.78 is 52.3. The van der Waals surface area contributed by atoms with Crippen molar-refractivity contribution >= 4 is 5.69 Å². The van der Waals surface area contributed by atoms with Gasteiger partial charge in [0.25, 0.3) is 0 Å². The molecule has 1 nitrogen and oxygen atoms in total. The predicted molar refractivity (Wildman–Crippen MR) is 66.6 cm³/mol. The maximum absolute atomic E-state index is 13.4. The Labute approximate surface area is 110 Å². The van der Waals surface area contributed by atoms with Gasteiger partial charge in [0.15, 0.2) is 0 Å². The molecule has 1 fully saturated rings. The number of alkyl halides is 3. The van der Waals surface area contributed by atoms with Crippen LogP contribution >= 0.6 is 0 Å². The van der Waals surface area contributed by atoms with Gasteiger partial charge in [-0.25, -0.2) is 4.39 Å². The Bertz CT molecular complexity index is 442. The summed E-state index contributed by atoms with van der Waals surface area (Å²) in [7, 11) is 0. The molecule has 0 saturated heterocycles. The normalized spacial score (nSPS) is 24.3. The molecule has 1 aromatic carbocycles. The first-order valence-electron chi connectivity index (χ1n) is 6.48. The van der Waals surface area contributed by atoms with E-state index in [2.05, 4.69) is 5.32 Å². The van der Waals surface area contributed by atoms with Crippen molar-refractivity contribution in [2.75, 3.05) is 5.32 Å². The van der Waals surface area contributed by atoms with Crippen LogP contribution in [0.4, 0.5) is 23.2 Å². The van der Waals surface area contributed by atoms with Crippen LogP contribution in [0.3, 0.4) is 0 Å². The van der Waals surface area contributed by atoms with Crippen LogP contribution in [0.25, 0.3) is 0 Å². The van der Waals surface area contributed by atoms with Crippen molar-refractivity contribution in [3.63, 3.8) is 0 Å². The smallest absolute Gasteiger partial charge is 0.381 e. The average molecular weight is 275 g/mol. The Morgan fingerprint density at radius 3 is 2.53 bits per heavy atom. The van der Waals surface area contributed by atoms with Gasteiger partial charge in [0.05, 0.1) is 5.92 Å². The number of nitrogens with one attached hydrogen (secondary N) is 1. The highest BCUT2D eigenvalue weighted by Crippen LogP contribution is 2.39. The fraction of sp³-hybridized carbons (Fsp3) is 0.571. The lowest BCUT2D eigenvalue weighted by molar-refractivity contribution is -0.184. The molecule has 0 amide bonds. The quantitative estimate of drug-likeness (QED) is 0.773. The summed E-state index contributed by atoms with van der Waals surface area (Å²) in [6.45, 7) is 1.57. The van der Waals surface area contributed by atoms with Crippen LogP contribution in [0.15, 0.2) is 18.2 Å². The van der Waals surface area contributed by atoms with Crippen molar-refractivity contribution in [1.29, 1.82) is 0 Å². The molecule has 2 rings (SSSR count). The number of rotatable bonds is 2. The van der Waals surface area contributed by atoms with Crippen molar-refractivity contribution in [2.24, 2.45) is 5.92 Å². The third-order valence-electron chi connectivity index (χ3n) is 3.79. The first-order valence-corrected chi connectivity index (χ1v) is 6.48. The maximum Gasteiger partial charge on any atom is 0.393 e. The number of hydrogen-bond acceptors (Lipinski definition) is 1. The van der Waals surface area contributed by atoms with Crippen LogP contribution in [0.1, 0.15) is 31.2 Å². The Balaban J connectivity index is 2.18. The molecule has 1 aromatic rings. The molecule has 1 aliphatic carbocycles. The molecule has 0 spiro atoms. The zero-order valence-electron chi connectivity index (χ0n) is 10.7. The lowest BCUT2D eigenvalue weighted by Crippen LogP contribution is -2.41.